The minimum absolute atomic E-state index is 0.153. The van der Waals surface area contributed by atoms with E-state index in [9.17, 15) is 18.0 Å². The van der Waals surface area contributed by atoms with Crippen LogP contribution in [0.1, 0.15) is 27.6 Å². The van der Waals surface area contributed by atoms with Crippen LogP contribution in [-0.2, 0) is 19.3 Å². The van der Waals surface area contributed by atoms with Crippen molar-refractivity contribution in [1.82, 2.24) is 9.88 Å². The number of alkyl halides is 3. The minimum atomic E-state index is -4.45. The van der Waals surface area contributed by atoms with E-state index in [0.717, 1.165) is 6.07 Å². The normalized spacial score (nSPS) is 11.9. The van der Waals surface area contributed by atoms with Gasteiger partial charge in [0.25, 0.3) is 0 Å². The lowest BCUT2D eigenvalue weighted by Crippen LogP contribution is -2.17. The van der Waals surface area contributed by atoms with E-state index >= 15 is 0 Å². The molecule has 8 heteroatoms. The topological polar surface area (TPSA) is 66.6 Å². The Hall–Kier alpha value is -2.35. The third kappa shape index (κ3) is 4.08. The van der Waals surface area contributed by atoms with Crippen LogP contribution in [0.3, 0.4) is 0 Å². The molecule has 0 radical (unpaired) electrons. The summed E-state index contributed by atoms with van der Waals surface area (Å²) in [5.41, 5.74) is -0.323. The number of hydrogen-bond donors (Lipinski definition) is 1. The molecular weight excluding hydrogens is 301 g/mol. The zero-order chi connectivity index (χ0) is 16.3. The van der Waals surface area contributed by atoms with Gasteiger partial charge in [-0.2, -0.15) is 13.2 Å². The first-order chi connectivity index (χ1) is 10.3. The fourth-order valence-corrected chi connectivity index (χ4v) is 1.90. The smallest absolute Gasteiger partial charge is 0.433 e. The summed E-state index contributed by atoms with van der Waals surface area (Å²) in [5.74, 6) is -0.847. The standard InChI is InChI=1S/C14H13F3N2O3/c1-19(8-10-3-4-11(22-10)13(20)21)7-9-2-5-12(18-6-9)14(15,16)17/h2-6H,7-8H2,1H3,(H,20,21). The summed E-state index contributed by atoms with van der Waals surface area (Å²) in [4.78, 5) is 15.9. The lowest BCUT2D eigenvalue weighted by atomic mass is 10.2. The van der Waals surface area contributed by atoms with Crippen molar-refractivity contribution in [2.24, 2.45) is 0 Å². The lowest BCUT2D eigenvalue weighted by molar-refractivity contribution is -0.141. The minimum Gasteiger partial charge on any atom is -0.475 e. The third-order valence-corrected chi connectivity index (χ3v) is 2.87. The van der Waals surface area contributed by atoms with Crippen LogP contribution in [0.2, 0.25) is 0 Å². The largest absolute Gasteiger partial charge is 0.475 e. The summed E-state index contributed by atoms with van der Waals surface area (Å²) in [7, 11) is 1.74. The maximum Gasteiger partial charge on any atom is 0.433 e. The van der Waals surface area contributed by atoms with E-state index in [2.05, 4.69) is 4.98 Å². The Labute approximate surface area is 124 Å². The molecule has 0 fully saturated rings. The maximum absolute atomic E-state index is 12.4. The summed E-state index contributed by atoms with van der Waals surface area (Å²) in [6, 6.07) is 5.19. The molecule has 0 aliphatic carbocycles. The van der Waals surface area contributed by atoms with Crippen LogP contribution < -0.4 is 0 Å². The van der Waals surface area contributed by atoms with E-state index in [1.807, 2.05) is 0 Å². The Balaban J connectivity index is 1.96. The SMILES string of the molecule is CN(Cc1ccc(C(F)(F)F)nc1)Cc1ccc(C(=O)O)o1. The van der Waals surface area contributed by atoms with E-state index in [4.69, 9.17) is 9.52 Å². The third-order valence-electron chi connectivity index (χ3n) is 2.87. The molecule has 0 amide bonds. The van der Waals surface area contributed by atoms with E-state index < -0.39 is 17.8 Å². The van der Waals surface area contributed by atoms with Crippen molar-refractivity contribution in [3.63, 3.8) is 0 Å². The molecule has 22 heavy (non-hydrogen) atoms. The predicted molar refractivity (Wildman–Crippen MR) is 70.1 cm³/mol. The molecule has 2 aromatic rings. The zero-order valence-electron chi connectivity index (χ0n) is 11.6. The van der Waals surface area contributed by atoms with Crippen LogP contribution in [0, 0.1) is 0 Å². The first-order valence-corrected chi connectivity index (χ1v) is 6.28. The first kappa shape index (κ1) is 16.0. The summed E-state index contributed by atoms with van der Waals surface area (Å²) < 4.78 is 42.3. The molecule has 0 unspecified atom stereocenters. The first-order valence-electron chi connectivity index (χ1n) is 6.28. The highest BCUT2D eigenvalue weighted by Gasteiger charge is 2.32. The van der Waals surface area contributed by atoms with Gasteiger partial charge in [0.1, 0.15) is 11.5 Å². The van der Waals surface area contributed by atoms with Crippen molar-refractivity contribution in [2.45, 2.75) is 19.3 Å². The molecule has 1 N–H and O–H groups in total. The van der Waals surface area contributed by atoms with Crippen LogP contribution in [-0.4, -0.2) is 28.0 Å². The number of carboxylic acid groups (broad SMARTS) is 1. The van der Waals surface area contributed by atoms with Gasteiger partial charge in [-0.15, -0.1) is 0 Å². The van der Waals surface area contributed by atoms with Crippen molar-refractivity contribution in [2.75, 3.05) is 7.05 Å². The molecule has 0 saturated carbocycles. The van der Waals surface area contributed by atoms with Crippen LogP contribution in [0.4, 0.5) is 13.2 Å². The maximum atomic E-state index is 12.4. The number of carbonyl (C=O) groups is 1. The number of carboxylic acids is 1. The van der Waals surface area contributed by atoms with Gasteiger partial charge in [0.15, 0.2) is 0 Å². The molecular formula is C14H13F3N2O3. The van der Waals surface area contributed by atoms with Gasteiger partial charge in [-0.05, 0) is 30.8 Å². The highest BCUT2D eigenvalue weighted by molar-refractivity contribution is 5.84. The van der Waals surface area contributed by atoms with Crippen LogP contribution >= 0.6 is 0 Å². The molecule has 0 aliphatic heterocycles. The van der Waals surface area contributed by atoms with E-state index in [0.29, 0.717) is 24.4 Å². The van der Waals surface area contributed by atoms with Crippen LogP contribution in [0.5, 0.6) is 0 Å². The summed E-state index contributed by atoms with van der Waals surface area (Å²) in [6.45, 7) is 0.683. The van der Waals surface area contributed by atoms with Crippen molar-refractivity contribution < 1.29 is 27.5 Å². The molecule has 118 valence electrons. The highest BCUT2D eigenvalue weighted by Crippen LogP contribution is 2.27. The summed E-state index contributed by atoms with van der Waals surface area (Å²) in [6.07, 6.45) is -3.28. The van der Waals surface area contributed by atoms with Gasteiger partial charge in [-0.3, -0.25) is 9.88 Å². The Kier molecular flexibility index (Phi) is 4.51. The summed E-state index contributed by atoms with van der Waals surface area (Å²) >= 11 is 0. The second-order valence-corrected chi connectivity index (χ2v) is 4.79. The monoisotopic (exact) mass is 314 g/mol. The molecule has 0 bridgehead atoms. The van der Waals surface area contributed by atoms with E-state index in [-0.39, 0.29) is 5.76 Å². The summed E-state index contributed by atoms with van der Waals surface area (Å²) in [5, 5.41) is 8.75. The van der Waals surface area contributed by atoms with Gasteiger partial charge in [-0.25, -0.2) is 4.79 Å². The number of aromatic carboxylic acids is 1. The average molecular weight is 314 g/mol. The van der Waals surface area contributed by atoms with Gasteiger partial charge >= 0.3 is 12.1 Å². The Morgan fingerprint density at radius 2 is 2.00 bits per heavy atom. The molecule has 2 heterocycles. The van der Waals surface area contributed by atoms with Gasteiger partial charge in [-0.1, -0.05) is 6.07 Å². The number of rotatable bonds is 5. The average Bonchev–Trinajstić information content (AvgIpc) is 2.86. The van der Waals surface area contributed by atoms with Crippen molar-refractivity contribution >= 4 is 5.97 Å². The van der Waals surface area contributed by atoms with Crippen molar-refractivity contribution in [3.8, 4) is 0 Å². The predicted octanol–water partition coefficient (Wildman–Crippen LogP) is 3.02. The number of pyridine rings is 1. The second kappa shape index (κ2) is 6.18. The van der Waals surface area contributed by atoms with Gasteiger partial charge in [0, 0.05) is 12.7 Å². The molecule has 0 atom stereocenters. The fourth-order valence-electron chi connectivity index (χ4n) is 1.90. The number of furan rings is 1. The highest BCUT2D eigenvalue weighted by atomic mass is 19.4. The Morgan fingerprint density at radius 1 is 1.27 bits per heavy atom. The number of hydrogen-bond acceptors (Lipinski definition) is 4. The molecule has 2 aromatic heterocycles. The van der Waals surface area contributed by atoms with Gasteiger partial charge in [0.05, 0.1) is 6.54 Å². The van der Waals surface area contributed by atoms with Crippen LogP contribution in [0.15, 0.2) is 34.9 Å². The molecule has 0 aliphatic rings. The fraction of sp³-hybridized carbons (Fsp3) is 0.286. The number of nitrogens with zero attached hydrogens (tertiary/aromatic N) is 2. The van der Waals surface area contributed by atoms with E-state index in [1.165, 1.54) is 18.3 Å². The molecule has 2 rings (SSSR count). The van der Waals surface area contributed by atoms with Gasteiger partial charge in [0.2, 0.25) is 5.76 Å². The second-order valence-electron chi connectivity index (χ2n) is 4.79. The number of halogens is 3. The molecule has 0 spiro atoms. The van der Waals surface area contributed by atoms with Crippen molar-refractivity contribution in [3.05, 3.63) is 53.2 Å². The number of aromatic nitrogens is 1. The van der Waals surface area contributed by atoms with Gasteiger partial charge < -0.3 is 9.52 Å². The van der Waals surface area contributed by atoms with E-state index in [1.54, 1.807) is 18.0 Å². The molecule has 5 nitrogen and oxygen atoms in total. The molecule has 0 aromatic carbocycles. The Bertz CT molecular complexity index is 650. The van der Waals surface area contributed by atoms with Crippen LogP contribution in [0.25, 0.3) is 0 Å². The lowest BCUT2D eigenvalue weighted by Gasteiger charge is -2.15. The molecule has 0 saturated heterocycles. The van der Waals surface area contributed by atoms with Crippen molar-refractivity contribution in [1.29, 1.82) is 0 Å². The Morgan fingerprint density at radius 3 is 2.50 bits per heavy atom. The zero-order valence-corrected chi connectivity index (χ0v) is 11.6. The quantitative estimate of drug-likeness (QED) is 0.919.